The lowest BCUT2D eigenvalue weighted by atomic mass is 10.3. The zero-order valence-electron chi connectivity index (χ0n) is 8.80. The summed E-state index contributed by atoms with van der Waals surface area (Å²) >= 11 is 3.32. The van der Waals surface area contributed by atoms with Crippen molar-refractivity contribution in [2.24, 2.45) is 0 Å². The molecule has 0 aromatic carbocycles. The lowest BCUT2D eigenvalue weighted by Gasteiger charge is -2.10. The molecule has 1 rings (SSSR count). The van der Waals surface area contributed by atoms with Crippen LogP contribution in [-0.4, -0.2) is 22.5 Å². The minimum Gasteiger partial charge on any atom is -0.358 e. The third-order valence-electron chi connectivity index (χ3n) is 2.11. The van der Waals surface area contributed by atoms with Crippen LogP contribution in [0.3, 0.4) is 0 Å². The number of carbonyl (C=O) groups excluding carboxylic acids is 1. The van der Waals surface area contributed by atoms with Gasteiger partial charge in [0, 0.05) is 12.7 Å². The molecule has 15 heavy (non-hydrogen) atoms. The van der Waals surface area contributed by atoms with Crippen molar-refractivity contribution in [1.29, 1.82) is 0 Å². The molecule has 82 valence electrons. The van der Waals surface area contributed by atoms with Gasteiger partial charge >= 0.3 is 5.69 Å². The molecule has 1 aromatic rings. The first-order valence-electron chi connectivity index (χ1n) is 4.41. The molecule has 0 fully saturated rings. The predicted molar refractivity (Wildman–Crippen MR) is 59.7 cm³/mol. The fourth-order valence-electron chi connectivity index (χ4n) is 1.19. The highest BCUT2D eigenvalue weighted by Crippen LogP contribution is 2.16. The van der Waals surface area contributed by atoms with Crippen LogP contribution in [0, 0.1) is 13.8 Å². The lowest BCUT2D eigenvalue weighted by Crippen LogP contribution is -2.33. The first-order valence-corrected chi connectivity index (χ1v) is 5.20. The van der Waals surface area contributed by atoms with Gasteiger partial charge in [0.25, 0.3) is 0 Å². The molecule has 0 aliphatic heterocycles. The van der Waals surface area contributed by atoms with E-state index < -0.39 is 5.69 Å². The number of amides is 1. The van der Waals surface area contributed by atoms with Crippen LogP contribution in [0.4, 0.5) is 0 Å². The summed E-state index contributed by atoms with van der Waals surface area (Å²) in [4.78, 5) is 26.5. The van der Waals surface area contributed by atoms with Crippen molar-refractivity contribution in [3.8, 4) is 0 Å². The predicted octanol–water partition coefficient (Wildman–Crippen LogP) is 0.369. The Bertz CT molecular complexity index is 453. The van der Waals surface area contributed by atoms with E-state index in [0.29, 0.717) is 11.4 Å². The minimum absolute atomic E-state index is 0.00690. The highest BCUT2D eigenvalue weighted by atomic mass is 79.9. The Morgan fingerprint density at radius 3 is 2.67 bits per heavy atom. The molecule has 1 N–H and O–H groups in total. The van der Waals surface area contributed by atoms with Crippen LogP contribution in [0.2, 0.25) is 0 Å². The number of hydrogen-bond donors (Lipinski definition) is 1. The van der Waals surface area contributed by atoms with Gasteiger partial charge in [0.15, 0.2) is 0 Å². The maximum absolute atomic E-state index is 11.5. The molecule has 0 saturated heterocycles. The van der Waals surface area contributed by atoms with Crippen LogP contribution in [0.15, 0.2) is 9.27 Å². The molecule has 1 amide bonds. The summed E-state index contributed by atoms with van der Waals surface area (Å²) in [5, 5.41) is 2.46. The molecule has 0 unspecified atom stereocenters. The second-order valence-corrected chi connectivity index (χ2v) is 3.93. The van der Waals surface area contributed by atoms with Gasteiger partial charge < -0.3 is 5.32 Å². The van der Waals surface area contributed by atoms with Crippen LogP contribution in [-0.2, 0) is 11.3 Å². The first-order chi connectivity index (χ1) is 6.97. The summed E-state index contributed by atoms with van der Waals surface area (Å²) in [6.45, 7) is 3.50. The zero-order valence-corrected chi connectivity index (χ0v) is 10.4. The molecule has 0 atom stereocenters. The maximum atomic E-state index is 11.5. The van der Waals surface area contributed by atoms with Gasteiger partial charge in [-0.1, -0.05) is 0 Å². The third kappa shape index (κ3) is 2.44. The number of hydrogen-bond acceptors (Lipinski definition) is 3. The normalized spacial score (nSPS) is 10.1. The van der Waals surface area contributed by atoms with Crippen LogP contribution in [0.25, 0.3) is 0 Å². The fourth-order valence-corrected chi connectivity index (χ4v) is 1.49. The van der Waals surface area contributed by atoms with E-state index in [2.05, 4.69) is 26.2 Å². The maximum Gasteiger partial charge on any atom is 0.348 e. The summed E-state index contributed by atoms with van der Waals surface area (Å²) in [5.74, 6) is -0.224. The van der Waals surface area contributed by atoms with Gasteiger partial charge in [-0.25, -0.2) is 4.79 Å². The standard InChI is InChI=1S/C9H12BrN3O2/c1-5-8(10)6(2)13(9(15)12-5)4-7(14)11-3/h4H2,1-3H3,(H,11,14). The van der Waals surface area contributed by atoms with E-state index in [1.54, 1.807) is 13.8 Å². The molecule has 0 aliphatic carbocycles. The van der Waals surface area contributed by atoms with Crippen molar-refractivity contribution in [3.05, 3.63) is 26.3 Å². The van der Waals surface area contributed by atoms with Crippen molar-refractivity contribution in [2.45, 2.75) is 20.4 Å². The van der Waals surface area contributed by atoms with E-state index >= 15 is 0 Å². The molecule has 0 bridgehead atoms. The second kappa shape index (κ2) is 4.57. The quantitative estimate of drug-likeness (QED) is 0.847. The molecule has 6 heteroatoms. The second-order valence-electron chi connectivity index (χ2n) is 3.14. The molecular formula is C9H12BrN3O2. The third-order valence-corrected chi connectivity index (χ3v) is 3.26. The lowest BCUT2D eigenvalue weighted by molar-refractivity contribution is -0.121. The van der Waals surface area contributed by atoms with Gasteiger partial charge in [-0.15, -0.1) is 0 Å². The Hall–Kier alpha value is -1.17. The molecule has 0 aliphatic rings. The van der Waals surface area contributed by atoms with E-state index in [4.69, 9.17) is 0 Å². The Kier molecular flexibility index (Phi) is 3.62. The number of aryl methyl sites for hydroxylation is 1. The van der Waals surface area contributed by atoms with Gasteiger partial charge in [-0.3, -0.25) is 9.36 Å². The first kappa shape index (κ1) is 11.9. The monoisotopic (exact) mass is 273 g/mol. The van der Waals surface area contributed by atoms with Crippen molar-refractivity contribution >= 4 is 21.8 Å². The molecule has 0 spiro atoms. The van der Waals surface area contributed by atoms with Crippen LogP contribution >= 0.6 is 15.9 Å². The molecule has 1 aromatic heterocycles. The topological polar surface area (TPSA) is 64.0 Å². The highest BCUT2D eigenvalue weighted by Gasteiger charge is 2.11. The molecule has 0 saturated carbocycles. The number of nitrogens with zero attached hydrogens (tertiary/aromatic N) is 2. The molecular weight excluding hydrogens is 262 g/mol. The Balaban J connectivity index is 3.24. The minimum atomic E-state index is -0.406. The van der Waals surface area contributed by atoms with E-state index in [9.17, 15) is 9.59 Å². The fraction of sp³-hybridized carbons (Fsp3) is 0.444. The largest absolute Gasteiger partial charge is 0.358 e. The number of likely N-dealkylation sites (N-methyl/N-ethyl adjacent to an activating group) is 1. The number of rotatable bonds is 2. The summed E-state index contributed by atoms with van der Waals surface area (Å²) in [5.41, 5.74) is 0.929. The van der Waals surface area contributed by atoms with Crippen molar-refractivity contribution < 1.29 is 4.79 Å². The Morgan fingerprint density at radius 1 is 1.53 bits per heavy atom. The van der Waals surface area contributed by atoms with E-state index in [0.717, 1.165) is 4.47 Å². The summed E-state index contributed by atoms with van der Waals surface area (Å²) in [6, 6.07) is 0. The van der Waals surface area contributed by atoms with Crippen LogP contribution < -0.4 is 11.0 Å². The number of halogens is 1. The van der Waals surface area contributed by atoms with E-state index in [1.165, 1.54) is 11.6 Å². The average Bonchev–Trinajstić information content (AvgIpc) is 2.21. The van der Waals surface area contributed by atoms with Gasteiger partial charge in [0.1, 0.15) is 6.54 Å². The summed E-state index contributed by atoms with van der Waals surface area (Å²) < 4.78 is 2.08. The van der Waals surface area contributed by atoms with Crippen molar-refractivity contribution in [2.75, 3.05) is 7.05 Å². The molecule has 0 radical (unpaired) electrons. The van der Waals surface area contributed by atoms with Crippen molar-refractivity contribution in [3.63, 3.8) is 0 Å². The smallest absolute Gasteiger partial charge is 0.348 e. The van der Waals surface area contributed by atoms with Crippen molar-refractivity contribution in [1.82, 2.24) is 14.9 Å². The zero-order chi connectivity index (χ0) is 11.6. The Morgan fingerprint density at radius 2 is 2.13 bits per heavy atom. The van der Waals surface area contributed by atoms with Crippen LogP contribution in [0.5, 0.6) is 0 Å². The van der Waals surface area contributed by atoms with Gasteiger partial charge in [0.2, 0.25) is 5.91 Å². The van der Waals surface area contributed by atoms with E-state index in [-0.39, 0.29) is 12.5 Å². The number of aromatic nitrogens is 2. The molecule has 1 heterocycles. The molecule has 5 nitrogen and oxygen atoms in total. The number of carbonyl (C=O) groups is 1. The summed E-state index contributed by atoms with van der Waals surface area (Å²) in [6.07, 6.45) is 0. The van der Waals surface area contributed by atoms with Gasteiger partial charge in [0.05, 0.1) is 10.2 Å². The summed E-state index contributed by atoms with van der Waals surface area (Å²) in [7, 11) is 1.53. The van der Waals surface area contributed by atoms with Crippen LogP contribution in [0.1, 0.15) is 11.4 Å². The van der Waals surface area contributed by atoms with Gasteiger partial charge in [-0.05, 0) is 29.8 Å². The average molecular weight is 274 g/mol. The highest BCUT2D eigenvalue weighted by molar-refractivity contribution is 9.10. The SMILES string of the molecule is CNC(=O)Cn1c(C)c(Br)c(C)nc1=O. The Labute approximate surface area is 95.6 Å². The van der Waals surface area contributed by atoms with E-state index in [1.807, 2.05) is 0 Å². The number of nitrogens with one attached hydrogen (secondary N) is 1. The van der Waals surface area contributed by atoms with Gasteiger partial charge in [-0.2, -0.15) is 4.98 Å².